The van der Waals surface area contributed by atoms with Crippen molar-refractivity contribution in [1.82, 2.24) is 9.88 Å². The first-order valence-electron chi connectivity index (χ1n) is 9.11. The van der Waals surface area contributed by atoms with Gasteiger partial charge < -0.3 is 4.98 Å². The maximum absolute atomic E-state index is 12.6. The molecule has 26 heavy (non-hydrogen) atoms. The van der Waals surface area contributed by atoms with Crippen LogP contribution >= 0.6 is 0 Å². The van der Waals surface area contributed by atoms with Gasteiger partial charge in [-0.05, 0) is 30.0 Å². The van der Waals surface area contributed by atoms with Crippen LogP contribution in [0.3, 0.4) is 0 Å². The van der Waals surface area contributed by atoms with Crippen LogP contribution in [0.4, 0.5) is 0 Å². The van der Waals surface area contributed by atoms with Crippen molar-refractivity contribution in [2.75, 3.05) is 6.54 Å². The summed E-state index contributed by atoms with van der Waals surface area (Å²) in [4.78, 5) is 29.6. The molecule has 4 heteroatoms. The van der Waals surface area contributed by atoms with E-state index in [1.54, 1.807) is 6.92 Å². The average Bonchev–Trinajstić information content (AvgIpc) is 3.10. The fourth-order valence-electron chi connectivity index (χ4n) is 3.18. The number of aryl methyl sites for hydroxylation is 1. The van der Waals surface area contributed by atoms with E-state index in [4.69, 9.17) is 0 Å². The molecule has 1 N–H and O–H groups in total. The first-order chi connectivity index (χ1) is 12.7. The van der Waals surface area contributed by atoms with E-state index in [9.17, 15) is 9.59 Å². The first-order valence-corrected chi connectivity index (χ1v) is 9.11. The number of hydrogen-bond acceptors (Lipinski definition) is 2. The summed E-state index contributed by atoms with van der Waals surface area (Å²) in [6.45, 7) is 2.22. The van der Waals surface area contributed by atoms with Crippen LogP contribution in [0.5, 0.6) is 0 Å². The molecule has 0 atom stereocenters. The van der Waals surface area contributed by atoms with E-state index in [1.807, 2.05) is 54.7 Å². The van der Waals surface area contributed by atoms with Crippen LogP contribution in [0, 0.1) is 0 Å². The van der Waals surface area contributed by atoms with Crippen LogP contribution in [0.25, 0.3) is 10.9 Å². The monoisotopic (exact) mass is 348 g/mol. The van der Waals surface area contributed by atoms with E-state index in [1.165, 1.54) is 4.90 Å². The molecule has 0 spiro atoms. The maximum atomic E-state index is 12.6. The number of H-pyrrole nitrogens is 1. The van der Waals surface area contributed by atoms with E-state index < -0.39 is 0 Å². The predicted octanol–water partition coefficient (Wildman–Crippen LogP) is 4.11. The molecule has 0 aliphatic rings. The molecule has 0 radical (unpaired) electrons. The van der Waals surface area contributed by atoms with Crippen molar-refractivity contribution in [2.24, 2.45) is 0 Å². The minimum absolute atomic E-state index is 0.0967. The van der Waals surface area contributed by atoms with E-state index in [-0.39, 0.29) is 11.8 Å². The normalized spacial score (nSPS) is 10.8. The Balaban J connectivity index is 1.65. The predicted molar refractivity (Wildman–Crippen MR) is 104 cm³/mol. The molecular formula is C22H24N2O2. The second-order valence-corrected chi connectivity index (χ2v) is 6.39. The standard InChI is InChI=1S/C22H24N2O2/c1-2-21(25)24(22(26)13-12-17-8-4-3-5-9-17)15-14-18-16-23-20-11-7-6-10-19(18)20/h3-11,16,23H,2,12-15H2,1H3. The van der Waals surface area contributed by atoms with E-state index in [0.717, 1.165) is 22.0 Å². The van der Waals surface area contributed by atoms with E-state index in [2.05, 4.69) is 11.1 Å². The highest BCUT2D eigenvalue weighted by Gasteiger charge is 2.20. The lowest BCUT2D eigenvalue weighted by atomic mass is 10.1. The van der Waals surface area contributed by atoms with Crippen LogP contribution in [-0.2, 0) is 22.4 Å². The Bertz CT molecular complexity index is 883. The molecule has 0 bridgehead atoms. The lowest BCUT2D eigenvalue weighted by molar-refractivity contribution is -0.144. The number of para-hydroxylation sites is 1. The number of hydrogen-bond donors (Lipinski definition) is 1. The molecule has 2 amide bonds. The molecule has 1 aromatic heterocycles. The second kappa shape index (κ2) is 8.48. The number of nitrogens with one attached hydrogen (secondary N) is 1. The quantitative estimate of drug-likeness (QED) is 0.699. The van der Waals surface area contributed by atoms with Gasteiger partial charge in [0.2, 0.25) is 11.8 Å². The molecule has 2 aromatic carbocycles. The fraction of sp³-hybridized carbons (Fsp3) is 0.273. The number of imide groups is 1. The Hall–Kier alpha value is -2.88. The Morgan fingerprint density at radius 2 is 1.65 bits per heavy atom. The molecule has 0 saturated carbocycles. The minimum Gasteiger partial charge on any atom is -0.361 e. The Morgan fingerprint density at radius 3 is 2.42 bits per heavy atom. The number of rotatable bonds is 7. The highest BCUT2D eigenvalue weighted by Crippen LogP contribution is 2.18. The third-order valence-corrected chi connectivity index (χ3v) is 4.65. The van der Waals surface area contributed by atoms with Gasteiger partial charge >= 0.3 is 0 Å². The van der Waals surface area contributed by atoms with Crippen molar-refractivity contribution >= 4 is 22.7 Å². The summed E-state index contributed by atoms with van der Waals surface area (Å²) in [5.74, 6) is -0.205. The number of amides is 2. The average molecular weight is 348 g/mol. The Morgan fingerprint density at radius 1 is 0.923 bits per heavy atom. The van der Waals surface area contributed by atoms with Crippen molar-refractivity contribution in [2.45, 2.75) is 32.6 Å². The summed E-state index contributed by atoms with van der Waals surface area (Å²) in [7, 11) is 0. The van der Waals surface area contributed by atoms with Gasteiger partial charge in [0.25, 0.3) is 0 Å². The van der Waals surface area contributed by atoms with Crippen molar-refractivity contribution < 1.29 is 9.59 Å². The molecule has 0 aliphatic carbocycles. The molecule has 1 heterocycles. The number of fused-ring (bicyclic) bond motifs is 1. The van der Waals surface area contributed by atoms with Gasteiger partial charge in [0.05, 0.1) is 0 Å². The fourth-order valence-corrected chi connectivity index (χ4v) is 3.18. The zero-order valence-corrected chi connectivity index (χ0v) is 15.1. The number of nitrogens with zero attached hydrogens (tertiary/aromatic N) is 1. The highest BCUT2D eigenvalue weighted by molar-refractivity contribution is 5.95. The molecule has 0 unspecified atom stereocenters. The zero-order chi connectivity index (χ0) is 18.4. The van der Waals surface area contributed by atoms with E-state index in [0.29, 0.717) is 32.2 Å². The molecule has 0 fully saturated rings. The van der Waals surface area contributed by atoms with Crippen molar-refractivity contribution in [1.29, 1.82) is 0 Å². The lowest BCUT2D eigenvalue weighted by Gasteiger charge is -2.20. The summed E-state index contributed by atoms with van der Waals surface area (Å²) in [5.41, 5.74) is 3.32. The second-order valence-electron chi connectivity index (χ2n) is 6.39. The maximum Gasteiger partial charge on any atom is 0.229 e. The largest absolute Gasteiger partial charge is 0.361 e. The Kier molecular flexibility index (Phi) is 5.84. The summed E-state index contributed by atoms with van der Waals surface area (Å²) in [6, 6.07) is 18.0. The molecule has 3 rings (SSSR count). The number of benzene rings is 2. The SMILES string of the molecule is CCC(=O)N(CCc1c[nH]c2ccccc12)C(=O)CCc1ccccc1. The summed E-state index contributed by atoms with van der Waals surface area (Å²) in [6.07, 6.45) is 3.97. The highest BCUT2D eigenvalue weighted by atomic mass is 16.2. The molecule has 134 valence electrons. The third kappa shape index (κ3) is 4.20. The summed E-state index contributed by atoms with van der Waals surface area (Å²) < 4.78 is 0. The van der Waals surface area contributed by atoms with Crippen molar-refractivity contribution in [3.63, 3.8) is 0 Å². The van der Waals surface area contributed by atoms with Gasteiger partial charge in [-0.2, -0.15) is 0 Å². The van der Waals surface area contributed by atoms with Gasteiger partial charge in [0.1, 0.15) is 0 Å². The smallest absolute Gasteiger partial charge is 0.229 e. The van der Waals surface area contributed by atoms with Crippen LogP contribution in [0.15, 0.2) is 60.8 Å². The van der Waals surface area contributed by atoms with Crippen LogP contribution < -0.4 is 0 Å². The van der Waals surface area contributed by atoms with Gasteiger partial charge in [0.15, 0.2) is 0 Å². The lowest BCUT2D eigenvalue weighted by Crippen LogP contribution is -2.38. The molecule has 0 saturated heterocycles. The number of carbonyl (C=O) groups is 2. The number of aromatic amines is 1. The van der Waals surface area contributed by atoms with E-state index >= 15 is 0 Å². The van der Waals surface area contributed by atoms with Crippen LogP contribution in [0.2, 0.25) is 0 Å². The van der Waals surface area contributed by atoms with Gasteiger partial charge in [-0.1, -0.05) is 55.5 Å². The van der Waals surface area contributed by atoms with Crippen molar-refractivity contribution in [3.8, 4) is 0 Å². The summed E-state index contributed by atoms with van der Waals surface area (Å²) >= 11 is 0. The van der Waals surface area contributed by atoms with Crippen molar-refractivity contribution in [3.05, 3.63) is 71.9 Å². The number of carbonyl (C=O) groups excluding carboxylic acids is 2. The zero-order valence-electron chi connectivity index (χ0n) is 15.1. The molecule has 3 aromatic rings. The number of aromatic nitrogens is 1. The molecule has 4 nitrogen and oxygen atoms in total. The van der Waals surface area contributed by atoms with Gasteiger partial charge in [-0.15, -0.1) is 0 Å². The van der Waals surface area contributed by atoms with Gasteiger partial charge in [0, 0.05) is 36.5 Å². The Labute approximate surface area is 153 Å². The van der Waals surface area contributed by atoms with Crippen LogP contribution in [0.1, 0.15) is 30.9 Å². The van der Waals surface area contributed by atoms with Gasteiger partial charge in [-0.3, -0.25) is 14.5 Å². The topological polar surface area (TPSA) is 53.2 Å². The minimum atomic E-state index is -0.108. The third-order valence-electron chi connectivity index (χ3n) is 4.65. The van der Waals surface area contributed by atoms with Gasteiger partial charge in [-0.25, -0.2) is 0 Å². The molecule has 0 aliphatic heterocycles. The van der Waals surface area contributed by atoms with Crippen LogP contribution in [-0.4, -0.2) is 28.2 Å². The summed E-state index contributed by atoms with van der Waals surface area (Å²) in [5, 5.41) is 1.15. The first kappa shape index (κ1) is 17.9. The molecular weight excluding hydrogens is 324 g/mol.